The fraction of sp³-hybridized carbons (Fsp3) is 0.0800. The Balaban J connectivity index is 1.47. The maximum absolute atomic E-state index is 12.8. The van der Waals surface area contributed by atoms with E-state index in [0.29, 0.717) is 38.6 Å². The highest BCUT2D eigenvalue weighted by Crippen LogP contribution is 2.23. The molecule has 0 bridgehead atoms. The number of hydrogen-bond acceptors (Lipinski definition) is 6. The number of carbonyl (C=O) groups excluding carboxylic acids is 1. The molecule has 0 aliphatic heterocycles. The molecule has 37 heavy (non-hydrogen) atoms. The van der Waals surface area contributed by atoms with Crippen molar-refractivity contribution < 1.29 is 17.9 Å². The lowest BCUT2D eigenvalue weighted by Crippen LogP contribution is -2.19. The molecular weight excluding hydrogens is 537 g/mol. The van der Waals surface area contributed by atoms with Crippen molar-refractivity contribution in [3.05, 3.63) is 99.8 Å². The van der Waals surface area contributed by atoms with Gasteiger partial charge in [-0.25, -0.2) is 18.5 Å². The standard InChI is InChI=1S/C25H21Cl2N5O4S/c1-16-23(24(27)32(30-16)20-10-6-18(26)7-11-20)15-28-29-25(33)17-4-3-5-22(14-17)37(34,35)31-19-8-12-21(36-2)13-9-19/h3-15,31H,1-2H3,(H,29,33)/b28-15+. The van der Waals surface area contributed by atoms with E-state index in [0.717, 1.165) is 0 Å². The second-order valence-electron chi connectivity index (χ2n) is 7.74. The van der Waals surface area contributed by atoms with Crippen LogP contribution in [0.3, 0.4) is 0 Å². The van der Waals surface area contributed by atoms with E-state index >= 15 is 0 Å². The molecule has 4 aromatic rings. The number of anilines is 1. The minimum absolute atomic E-state index is 0.0805. The van der Waals surface area contributed by atoms with E-state index in [1.165, 1.54) is 42.3 Å². The summed E-state index contributed by atoms with van der Waals surface area (Å²) >= 11 is 12.4. The Kier molecular flexibility index (Phi) is 7.82. The van der Waals surface area contributed by atoms with Gasteiger partial charge >= 0.3 is 0 Å². The molecule has 0 saturated heterocycles. The average molecular weight is 558 g/mol. The molecule has 0 radical (unpaired) electrons. The van der Waals surface area contributed by atoms with Crippen molar-refractivity contribution in [2.24, 2.45) is 5.10 Å². The van der Waals surface area contributed by atoms with Crippen LogP contribution in [-0.2, 0) is 10.0 Å². The van der Waals surface area contributed by atoms with Crippen molar-refractivity contribution in [2.75, 3.05) is 11.8 Å². The molecule has 3 aromatic carbocycles. The zero-order valence-electron chi connectivity index (χ0n) is 19.6. The van der Waals surface area contributed by atoms with Crippen LogP contribution >= 0.6 is 23.2 Å². The lowest BCUT2D eigenvalue weighted by molar-refractivity contribution is 0.0955. The first-order chi connectivity index (χ1) is 17.7. The minimum Gasteiger partial charge on any atom is -0.497 e. The minimum atomic E-state index is -3.94. The third kappa shape index (κ3) is 6.11. The number of ether oxygens (including phenoxy) is 1. The van der Waals surface area contributed by atoms with Crippen LogP contribution < -0.4 is 14.9 Å². The fourth-order valence-corrected chi connectivity index (χ4v) is 4.86. The molecule has 0 spiro atoms. The summed E-state index contributed by atoms with van der Waals surface area (Å²) in [7, 11) is -2.42. The van der Waals surface area contributed by atoms with Gasteiger partial charge in [0.05, 0.1) is 35.2 Å². The van der Waals surface area contributed by atoms with Gasteiger partial charge in [0, 0.05) is 16.3 Å². The van der Waals surface area contributed by atoms with E-state index in [4.69, 9.17) is 27.9 Å². The first kappa shape index (κ1) is 26.2. The van der Waals surface area contributed by atoms with Gasteiger partial charge in [0.2, 0.25) is 0 Å². The number of nitrogens with one attached hydrogen (secondary N) is 2. The molecule has 1 heterocycles. The highest BCUT2D eigenvalue weighted by atomic mass is 35.5. The second kappa shape index (κ2) is 11.0. The SMILES string of the molecule is COc1ccc(NS(=O)(=O)c2cccc(C(=O)N/N=C/c3c(C)nn(-c4ccc(Cl)cc4)c3Cl)c2)cc1. The second-order valence-corrected chi connectivity index (χ2v) is 10.2. The first-order valence-electron chi connectivity index (χ1n) is 10.8. The number of hydrazone groups is 1. The van der Waals surface area contributed by atoms with E-state index in [-0.39, 0.29) is 10.5 Å². The quantitative estimate of drug-likeness (QED) is 0.232. The smallest absolute Gasteiger partial charge is 0.271 e. The number of aromatic nitrogens is 2. The highest BCUT2D eigenvalue weighted by molar-refractivity contribution is 7.92. The highest BCUT2D eigenvalue weighted by Gasteiger charge is 2.17. The predicted molar refractivity (Wildman–Crippen MR) is 144 cm³/mol. The van der Waals surface area contributed by atoms with Crippen molar-refractivity contribution in [1.29, 1.82) is 0 Å². The summed E-state index contributed by atoms with van der Waals surface area (Å²) in [5.74, 6) is -0.00686. The number of rotatable bonds is 8. The van der Waals surface area contributed by atoms with Crippen molar-refractivity contribution in [3.63, 3.8) is 0 Å². The molecule has 4 rings (SSSR count). The zero-order chi connectivity index (χ0) is 26.6. The Bertz CT molecular complexity index is 1570. The molecule has 9 nitrogen and oxygen atoms in total. The monoisotopic (exact) mass is 557 g/mol. The van der Waals surface area contributed by atoms with Crippen molar-refractivity contribution in [1.82, 2.24) is 15.2 Å². The van der Waals surface area contributed by atoms with Gasteiger partial charge in [-0.2, -0.15) is 10.2 Å². The Labute approximate surface area is 223 Å². The van der Waals surface area contributed by atoms with E-state index in [9.17, 15) is 13.2 Å². The third-order valence-corrected chi connectivity index (χ3v) is 7.22. The largest absolute Gasteiger partial charge is 0.497 e. The van der Waals surface area contributed by atoms with Crippen LogP contribution in [0.2, 0.25) is 10.2 Å². The molecule has 0 aliphatic carbocycles. The molecule has 12 heteroatoms. The van der Waals surface area contributed by atoms with Gasteiger partial charge < -0.3 is 4.74 Å². The molecule has 2 N–H and O–H groups in total. The summed E-state index contributed by atoms with van der Waals surface area (Å²) in [6.45, 7) is 1.76. The number of benzene rings is 3. The number of sulfonamides is 1. The summed E-state index contributed by atoms with van der Waals surface area (Å²) in [5.41, 5.74) is 4.66. The van der Waals surface area contributed by atoms with E-state index in [2.05, 4.69) is 20.3 Å². The first-order valence-corrected chi connectivity index (χ1v) is 13.0. The Morgan fingerprint density at radius 2 is 1.76 bits per heavy atom. The summed E-state index contributed by atoms with van der Waals surface area (Å²) in [5, 5.41) is 9.27. The summed E-state index contributed by atoms with van der Waals surface area (Å²) in [4.78, 5) is 12.6. The van der Waals surface area contributed by atoms with Crippen molar-refractivity contribution in [3.8, 4) is 11.4 Å². The Morgan fingerprint density at radius 1 is 1.05 bits per heavy atom. The van der Waals surface area contributed by atoms with E-state index in [1.54, 1.807) is 55.5 Å². The van der Waals surface area contributed by atoms with Crippen molar-refractivity contribution in [2.45, 2.75) is 11.8 Å². The molecule has 190 valence electrons. The molecule has 1 amide bonds. The van der Waals surface area contributed by atoms with Crippen LogP contribution in [0, 0.1) is 6.92 Å². The maximum Gasteiger partial charge on any atom is 0.271 e. The van der Waals surface area contributed by atoms with Gasteiger partial charge in [-0.1, -0.05) is 29.3 Å². The molecule has 0 saturated carbocycles. The lowest BCUT2D eigenvalue weighted by Gasteiger charge is -2.09. The van der Waals surface area contributed by atoms with Gasteiger partial charge in [-0.3, -0.25) is 9.52 Å². The average Bonchev–Trinajstić information content (AvgIpc) is 3.18. The molecular formula is C25H21Cl2N5O4S. The molecule has 1 aromatic heterocycles. The Hall–Kier alpha value is -3.86. The molecule has 0 atom stereocenters. The number of hydrogen-bond donors (Lipinski definition) is 2. The number of methoxy groups -OCH3 is 1. The van der Waals surface area contributed by atoms with Crippen LogP contribution in [0.4, 0.5) is 5.69 Å². The van der Waals surface area contributed by atoms with Crippen molar-refractivity contribution >= 4 is 51.0 Å². The molecule has 0 unspecified atom stereocenters. The van der Waals surface area contributed by atoms with Crippen LogP contribution in [0.25, 0.3) is 5.69 Å². The van der Waals surface area contributed by atoms with Crippen LogP contribution in [0.5, 0.6) is 5.75 Å². The number of amides is 1. The Morgan fingerprint density at radius 3 is 2.43 bits per heavy atom. The van der Waals surface area contributed by atoms with Gasteiger partial charge in [-0.05, 0) is 73.7 Å². The summed E-state index contributed by atoms with van der Waals surface area (Å²) in [6, 6.07) is 19.0. The van der Waals surface area contributed by atoms with Gasteiger partial charge in [0.25, 0.3) is 15.9 Å². The molecule has 0 fully saturated rings. The van der Waals surface area contributed by atoms with Crippen LogP contribution in [0.15, 0.2) is 82.8 Å². The van der Waals surface area contributed by atoms with Gasteiger partial charge in [-0.15, -0.1) is 0 Å². The number of nitrogens with zero attached hydrogens (tertiary/aromatic N) is 3. The fourth-order valence-electron chi connectivity index (χ4n) is 3.31. The third-order valence-electron chi connectivity index (χ3n) is 5.23. The molecule has 0 aliphatic rings. The number of aryl methyl sites for hydroxylation is 1. The van der Waals surface area contributed by atoms with Gasteiger partial charge in [0.15, 0.2) is 0 Å². The van der Waals surface area contributed by atoms with E-state index in [1.807, 2.05) is 0 Å². The van der Waals surface area contributed by atoms with Crippen LogP contribution in [0.1, 0.15) is 21.6 Å². The topological polar surface area (TPSA) is 115 Å². The van der Waals surface area contributed by atoms with Gasteiger partial charge in [0.1, 0.15) is 10.9 Å². The lowest BCUT2D eigenvalue weighted by atomic mass is 10.2. The number of carbonyl (C=O) groups is 1. The summed E-state index contributed by atoms with van der Waals surface area (Å²) < 4.78 is 34.7. The zero-order valence-corrected chi connectivity index (χ0v) is 22.0. The maximum atomic E-state index is 12.8. The van der Waals surface area contributed by atoms with E-state index < -0.39 is 15.9 Å². The summed E-state index contributed by atoms with van der Waals surface area (Å²) in [6.07, 6.45) is 1.38. The van der Waals surface area contributed by atoms with Crippen LogP contribution in [-0.4, -0.2) is 37.4 Å². The number of halogens is 2. The normalized spacial score (nSPS) is 11.5. The predicted octanol–water partition coefficient (Wildman–Crippen LogP) is 5.06.